The van der Waals surface area contributed by atoms with E-state index in [4.69, 9.17) is 23.2 Å². The van der Waals surface area contributed by atoms with Crippen LogP contribution in [0.15, 0.2) is 53.4 Å². The first-order chi connectivity index (χ1) is 18.0. The van der Waals surface area contributed by atoms with Crippen LogP contribution in [0.3, 0.4) is 0 Å². The number of sulfone groups is 1. The minimum atomic E-state index is -3.54. The van der Waals surface area contributed by atoms with E-state index < -0.39 is 21.8 Å². The molecule has 4 atom stereocenters. The van der Waals surface area contributed by atoms with Crippen molar-refractivity contribution in [2.75, 3.05) is 19.3 Å². The summed E-state index contributed by atoms with van der Waals surface area (Å²) in [6.07, 6.45) is 2.74. The topological polar surface area (TPSA) is 86.8 Å². The maximum Gasteiger partial charge on any atom is 0.252 e. The van der Waals surface area contributed by atoms with E-state index in [1.165, 1.54) is 12.1 Å². The second kappa shape index (κ2) is 11.9. The predicted molar refractivity (Wildman–Crippen MR) is 150 cm³/mol. The number of hydrogen-bond acceptors (Lipinski definition) is 5. The van der Waals surface area contributed by atoms with E-state index in [9.17, 15) is 18.0 Å². The van der Waals surface area contributed by atoms with Crippen molar-refractivity contribution in [2.24, 2.45) is 5.92 Å². The molecule has 7 nitrogen and oxygen atoms in total. The van der Waals surface area contributed by atoms with Crippen molar-refractivity contribution in [1.29, 1.82) is 0 Å². The van der Waals surface area contributed by atoms with Crippen LogP contribution in [0.25, 0.3) is 0 Å². The highest BCUT2D eigenvalue weighted by molar-refractivity contribution is 7.91. The molecule has 1 unspecified atom stereocenters. The molecule has 1 heterocycles. The van der Waals surface area contributed by atoms with Crippen molar-refractivity contribution in [2.45, 2.75) is 68.6 Å². The summed E-state index contributed by atoms with van der Waals surface area (Å²) in [6, 6.07) is 12.7. The average molecular weight is 581 g/mol. The Labute approximate surface area is 235 Å². The summed E-state index contributed by atoms with van der Waals surface area (Å²) in [5, 5.41) is 3.51. The van der Waals surface area contributed by atoms with Gasteiger partial charge in [-0.3, -0.25) is 9.59 Å². The Morgan fingerprint density at radius 1 is 1.08 bits per heavy atom. The van der Waals surface area contributed by atoms with Gasteiger partial charge < -0.3 is 15.1 Å². The van der Waals surface area contributed by atoms with Crippen molar-refractivity contribution in [3.8, 4) is 0 Å². The third-order valence-electron chi connectivity index (χ3n) is 7.91. The average Bonchev–Trinajstić information content (AvgIpc) is 3.22. The maximum absolute atomic E-state index is 13.5. The monoisotopic (exact) mass is 579 g/mol. The van der Waals surface area contributed by atoms with E-state index in [-0.39, 0.29) is 35.2 Å². The van der Waals surface area contributed by atoms with Crippen LogP contribution in [0.1, 0.15) is 49.9 Å². The molecule has 0 spiro atoms. The molecule has 0 bridgehead atoms. The van der Waals surface area contributed by atoms with Gasteiger partial charge in [-0.2, -0.15) is 0 Å². The Hall–Kier alpha value is -2.13. The van der Waals surface area contributed by atoms with E-state index in [1.807, 2.05) is 0 Å². The zero-order valence-electron chi connectivity index (χ0n) is 21.9. The van der Waals surface area contributed by atoms with Crippen LogP contribution in [-0.4, -0.2) is 73.5 Å². The molecule has 0 radical (unpaired) electrons. The van der Waals surface area contributed by atoms with Crippen LogP contribution in [0, 0.1) is 5.92 Å². The molecule has 206 valence electrons. The summed E-state index contributed by atoms with van der Waals surface area (Å²) in [6.45, 7) is 4.73. The Balaban J connectivity index is 1.52. The first-order valence-electron chi connectivity index (χ1n) is 13.0. The number of rotatable bonds is 8. The first-order valence-corrected chi connectivity index (χ1v) is 15.4. The number of benzene rings is 2. The molecule has 2 fully saturated rings. The number of likely N-dealkylation sites (tertiary alicyclic amines) is 1. The van der Waals surface area contributed by atoms with E-state index >= 15 is 0 Å². The van der Waals surface area contributed by atoms with Gasteiger partial charge in [0.15, 0.2) is 9.84 Å². The highest BCUT2D eigenvalue weighted by Crippen LogP contribution is 2.36. The van der Waals surface area contributed by atoms with Crippen molar-refractivity contribution in [1.82, 2.24) is 15.1 Å². The second-order valence-electron chi connectivity index (χ2n) is 10.7. The molecule has 1 aliphatic heterocycles. The van der Waals surface area contributed by atoms with E-state index in [2.05, 4.69) is 31.1 Å². The third-order valence-corrected chi connectivity index (χ3v) is 10.2. The Morgan fingerprint density at radius 3 is 2.37 bits per heavy atom. The molecular weight excluding hydrogens is 545 g/mol. The lowest BCUT2D eigenvalue weighted by Gasteiger charge is -2.44. The van der Waals surface area contributed by atoms with Gasteiger partial charge in [0.25, 0.3) is 5.91 Å². The number of nitrogens with one attached hydrogen (secondary N) is 1. The summed E-state index contributed by atoms with van der Waals surface area (Å²) < 4.78 is 26.8. The normalized spacial score (nSPS) is 24.3. The van der Waals surface area contributed by atoms with Gasteiger partial charge in [-0.15, -0.1) is 0 Å². The third kappa shape index (κ3) is 6.53. The summed E-state index contributed by atoms with van der Waals surface area (Å²) in [7, 11) is -1.46. The highest BCUT2D eigenvalue weighted by Gasteiger charge is 2.44. The number of hydrogen-bond donors (Lipinski definition) is 1. The van der Waals surface area contributed by atoms with Crippen LogP contribution in [0.2, 0.25) is 10.0 Å². The van der Waals surface area contributed by atoms with Gasteiger partial charge in [-0.1, -0.05) is 41.4 Å². The lowest BCUT2D eigenvalue weighted by molar-refractivity contribution is -0.133. The maximum atomic E-state index is 13.5. The number of carbonyl (C=O) groups is 2. The van der Waals surface area contributed by atoms with Crippen molar-refractivity contribution in [3.05, 3.63) is 64.1 Å². The lowest BCUT2D eigenvalue weighted by Crippen LogP contribution is -2.53. The smallest absolute Gasteiger partial charge is 0.252 e. The quantitative estimate of drug-likeness (QED) is 0.491. The molecule has 1 aliphatic carbocycles. The van der Waals surface area contributed by atoms with Gasteiger partial charge in [0.2, 0.25) is 5.91 Å². The standard InChI is InChI=1S/C28H35Cl2N3O4S/c1-18(2)32(3)23-9-10-26(20(15-23)17-38(36,37)24-7-5-4-6-8-24)33-12-11-25(28(33)35)31-27(34)19-13-21(29)16-22(30)14-19/h4-8,13-14,16,18,20,23,25-26H,9-12,15,17H2,1-3H3,(H,31,34)/t20-,23+,25?,26-/m0/s1. The zero-order chi connectivity index (χ0) is 27.6. The fourth-order valence-electron chi connectivity index (χ4n) is 5.70. The molecule has 1 N–H and O–H groups in total. The Kier molecular flexibility index (Phi) is 9.07. The van der Waals surface area contributed by atoms with Gasteiger partial charge in [0.1, 0.15) is 6.04 Å². The molecule has 0 aromatic heterocycles. The molecule has 38 heavy (non-hydrogen) atoms. The molecule has 4 rings (SSSR count). The molecule has 2 amide bonds. The minimum Gasteiger partial charge on any atom is -0.340 e. The predicted octanol–water partition coefficient (Wildman–Crippen LogP) is 4.68. The zero-order valence-corrected chi connectivity index (χ0v) is 24.3. The van der Waals surface area contributed by atoms with E-state index in [1.54, 1.807) is 41.3 Å². The van der Waals surface area contributed by atoms with Gasteiger partial charge in [0.05, 0.1) is 10.6 Å². The van der Waals surface area contributed by atoms with E-state index in [0.29, 0.717) is 46.8 Å². The summed E-state index contributed by atoms with van der Waals surface area (Å²) in [4.78, 5) is 30.7. The molecule has 10 heteroatoms. The summed E-state index contributed by atoms with van der Waals surface area (Å²) >= 11 is 12.1. The number of nitrogens with zero attached hydrogens (tertiary/aromatic N) is 2. The number of carbonyl (C=O) groups excluding carboxylic acids is 2. The molecular formula is C28H35Cl2N3O4S. The lowest BCUT2D eigenvalue weighted by atomic mass is 9.81. The van der Waals surface area contributed by atoms with Crippen molar-refractivity contribution < 1.29 is 18.0 Å². The van der Waals surface area contributed by atoms with Gasteiger partial charge >= 0.3 is 0 Å². The Bertz CT molecular complexity index is 1250. The first kappa shape index (κ1) is 28.9. The Morgan fingerprint density at radius 2 is 1.74 bits per heavy atom. The van der Waals surface area contributed by atoms with Crippen LogP contribution < -0.4 is 5.32 Å². The minimum absolute atomic E-state index is 0.0219. The van der Waals surface area contributed by atoms with Gasteiger partial charge in [-0.25, -0.2) is 8.42 Å². The summed E-state index contributed by atoms with van der Waals surface area (Å²) in [5.41, 5.74) is 0.290. The molecule has 1 saturated heterocycles. The number of amides is 2. The fraction of sp³-hybridized carbons (Fsp3) is 0.500. The molecule has 2 aliphatic rings. The van der Waals surface area contributed by atoms with Crippen LogP contribution >= 0.6 is 23.2 Å². The summed E-state index contributed by atoms with van der Waals surface area (Å²) in [5.74, 6) is -0.828. The molecule has 1 saturated carbocycles. The largest absolute Gasteiger partial charge is 0.340 e. The molecule has 2 aromatic carbocycles. The van der Waals surface area contributed by atoms with Crippen molar-refractivity contribution >= 4 is 44.9 Å². The van der Waals surface area contributed by atoms with Crippen molar-refractivity contribution in [3.63, 3.8) is 0 Å². The SMILES string of the molecule is CC(C)N(C)[C@@H]1CC[C@H](N2CCC(NC(=O)c3cc(Cl)cc(Cl)c3)C2=O)[C@H](CS(=O)(=O)c2ccccc2)C1. The van der Waals surface area contributed by atoms with E-state index in [0.717, 1.165) is 6.42 Å². The fourth-order valence-corrected chi connectivity index (χ4v) is 7.91. The van der Waals surface area contributed by atoms with Crippen LogP contribution in [-0.2, 0) is 14.6 Å². The highest BCUT2D eigenvalue weighted by atomic mass is 35.5. The van der Waals surface area contributed by atoms with Gasteiger partial charge in [0, 0.05) is 40.3 Å². The number of halogens is 2. The molecule has 2 aromatic rings. The van der Waals surface area contributed by atoms with Crippen LogP contribution in [0.4, 0.5) is 0 Å². The van der Waals surface area contributed by atoms with Gasteiger partial charge in [-0.05, 0) is 82.8 Å². The second-order valence-corrected chi connectivity index (χ2v) is 13.6. The van der Waals surface area contributed by atoms with Crippen LogP contribution in [0.5, 0.6) is 0 Å².